The van der Waals surface area contributed by atoms with Crippen LogP contribution in [-0.2, 0) is 11.8 Å². The normalized spacial score (nSPS) is 16.6. The Morgan fingerprint density at radius 1 is 1.35 bits per heavy atom. The second kappa shape index (κ2) is 7.51. The summed E-state index contributed by atoms with van der Waals surface area (Å²) in [5.74, 6) is 0.368. The van der Waals surface area contributed by atoms with E-state index in [2.05, 4.69) is 26.0 Å². The second-order valence-electron chi connectivity index (χ2n) is 6.39. The van der Waals surface area contributed by atoms with E-state index in [1.54, 1.807) is 11.9 Å². The van der Waals surface area contributed by atoms with Gasteiger partial charge in [-0.25, -0.2) is 4.79 Å². The van der Waals surface area contributed by atoms with Gasteiger partial charge in [0.15, 0.2) is 0 Å². The highest BCUT2D eigenvalue weighted by atomic mass is 16.2. The molecule has 1 aliphatic rings. The van der Waals surface area contributed by atoms with Crippen LogP contribution in [0.2, 0.25) is 0 Å². The van der Waals surface area contributed by atoms with Crippen LogP contribution in [0.1, 0.15) is 18.9 Å². The van der Waals surface area contributed by atoms with Gasteiger partial charge in [-0.2, -0.15) is 4.80 Å². The number of carbonyl (C=O) groups excluding carboxylic acids is 2. The first-order valence-corrected chi connectivity index (χ1v) is 8.66. The van der Waals surface area contributed by atoms with Crippen LogP contribution in [0.15, 0.2) is 18.2 Å². The Labute approximate surface area is 151 Å². The summed E-state index contributed by atoms with van der Waals surface area (Å²) in [4.78, 5) is 27.6. The lowest BCUT2D eigenvalue weighted by Crippen LogP contribution is -2.36. The molecule has 3 amide bonds. The van der Waals surface area contributed by atoms with Crippen molar-refractivity contribution >= 4 is 17.6 Å². The molecule has 1 aromatic carbocycles. The Morgan fingerprint density at radius 2 is 2.15 bits per heavy atom. The summed E-state index contributed by atoms with van der Waals surface area (Å²) >= 11 is 0. The number of carbonyl (C=O) groups is 2. The zero-order chi connectivity index (χ0) is 18.7. The molecule has 1 atom stereocenters. The van der Waals surface area contributed by atoms with Crippen LogP contribution in [0.4, 0.5) is 10.5 Å². The van der Waals surface area contributed by atoms with Crippen LogP contribution < -0.4 is 10.6 Å². The van der Waals surface area contributed by atoms with Crippen molar-refractivity contribution in [2.75, 3.05) is 25.0 Å². The van der Waals surface area contributed by atoms with Gasteiger partial charge >= 0.3 is 6.03 Å². The van der Waals surface area contributed by atoms with E-state index in [1.807, 2.05) is 32.0 Å². The zero-order valence-corrected chi connectivity index (χ0v) is 15.2. The second-order valence-corrected chi connectivity index (χ2v) is 6.39. The molecule has 0 bridgehead atoms. The van der Waals surface area contributed by atoms with Crippen molar-refractivity contribution in [1.82, 2.24) is 30.4 Å². The van der Waals surface area contributed by atoms with Crippen molar-refractivity contribution in [3.05, 3.63) is 23.8 Å². The number of aryl methyl sites for hydroxylation is 2. The summed E-state index contributed by atoms with van der Waals surface area (Å²) in [5, 5.41) is 17.8. The average Bonchev–Trinajstić information content (AvgIpc) is 3.26. The van der Waals surface area contributed by atoms with Gasteiger partial charge in [0.1, 0.15) is 0 Å². The lowest BCUT2D eigenvalue weighted by atomic mass is 10.1. The smallest absolute Gasteiger partial charge is 0.321 e. The van der Waals surface area contributed by atoms with Gasteiger partial charge < -0.3 is 15.5 Å². The van der Waals surface area contributed by atoms with Gasteiger partial charge in [-0.1, -0.05) is 12.1 Å². The standard InChI is InChI=1S/C17H23N7O2/c1-4-18-16(25)13-7-8-24(10-13)17(26)19-14-9-12(6-5-11(14)2)15-20-22-23(3)21-15/h5-6,9,13H,4,7-8,10H2,1-3H3,(H,18,25)(H,19,26)/t13-/m0/s1. The fourth-order valence-electron chi connectivity index (χ4n) is 2.97. The number of hydrogen-bond acceptors (Lipinski definition) is 5. The molecule has 2 heterocycles. The predicted molar refractivity (Wildman–Crippen MR) is 96.4 cm³/mol. The topological polar surface area (TPSA) is 105 Å². The maximum atomic E-state index is 12.6. The van der Waals surface area contributed by atoms with Crippen LogP contribution in [0.3, 0.4) is 0 Å². The lowest BCUT2D eigenvalue weighted by Gasteiger charge is -2.18. The van der Waals surface area contributed by atoms with Crippen molar-refractivity contribution in [2.24, 2.45) is 13.0 Å². The molecular weight excluding hydrogens is 334 g/mol. The number of benzene rings is 1. The van der Waals surface area contributed by atoms with Crippen LogP contribution in [0.5, 0.6) is 0 Å². The minimum absolute atomic E-state index is 0.00899. The number of aromatic nitrogens is 4. The molecule has 2 aromatic rings. The van der Waals surface area contributed by atoms with E-state index in [1.165, 1.54) is 4.80 Å². The number of nitrogens with one attached hydrogen (secondary N) is 2. The predicted octanol–water partition coefficient (Wildman–Crippen LogP) is 1.18. The van der Waals surface area contributed by atoms with Gasteiger partial charge in [0.2, 0.25) is 11.7 Å². The fraction of sp³-hybridized carbons (Fsp3) is 0.471. The number of rotatable bonds is 4. The molecule has 0 saturated carbocycles. The molecule has 1 aromatic heterocycles. The van der Waals surface area contributed by atoms with Crippen molar-refractivity contribution in [1.29, 1.82) is 0 Å². The SMILES string of the molecule is CCNC(=O)[C@H]1CCN(C(=O)Nc2cc(-c3nnn(C)n3)ccc2C)C1. The molecule has 9 heteroatoms. The maximum Gasteiger partial charge on any atom is 0.321 e. The maximum absolute atomic E-state index is 12.6. The van der Waals surface area contributed by atoms with Crippen molar-refractivity contribution in [2.45, 2.75) is 20.3 Å². The van der Waals surface area contributed by atoms with Crippen LogP contribution in [0.25, 0.3) is 11.4 Å². The highest BCUT2D eigenvalue weighted by Crippen LogP contribution is 2.24. The van der Waals surface area contributed by atoms with E-state index in [4.69, 9.17) is 0 Å². The molecule has 138 valence electrons. The molecule has 0 aliphatic carbocycles. The highest BCUT2D eigenvalue weighted by molar-refractivity contribution is 5.92. The van der Waals surface area contributed by atoms with Gasteiger partial charge in [0.25, 0.3) is 0 Å². The summed E-state index contributed by atoms with van der Waals surface area (Å²) in [5.41, 5.74) is 2.41. The lowest BCUT2D eigenvalue weighted by molar-refractivity contribution is -0.124. The van der Waals surface area contributed by atoms with Crippen LogP contribution in [0, 0.1) is 12.8 Å². The summed E-state index contributed by atoms with van der Waals surface area (Å²) in [6.07, 6.45) is 0.682. The van der Waals surface area contributed by atoms with Gasteiger partial charge in [-0.3, -0.25) is 4.79 Å². The molecule has 26 heavy (non-hydrogen) atoms. The van der Waals surface area contributed by atoms with Gasteiger partial charge in [-0.05, 0) is 37.1 Å². The molecular formula is C17H23N7O2. The summed E-state index contributed by atoms with van der Waals surface area (Å²) < 4.78 is 0. The monoisotopic (exact) mass is 357 g/mol. The quantitative estimate of drug-likeness (QED) is 0.855. The molecule has 9 nitrogen and oxygen atoms in total. The third-order valence-corrected chi connectivity index (χ3v) is 4.44. The van der Waals surface area contributed by atoms with Crippen molar-refractivity contribution < 1.29 is 9.59 Å². The third kappa shape index (κ3) is 3.81. The number of likely N-dealkylation sites (tertiary alicyclic amines) is 1. The molecule has 3 rings (SSSR count). The minimum Gasteiger partial charge on any atom is -0.356 e. The van der Waals surface area contributed by atoms with E-state index in [0.29, 0.717) is 37.6 Å². The number of tetrazole rings is 1. The van der Waals surface area contributed by atoms with Gasteiger partial charge in [0, 0.05) is 30.9 Å². The Bertz CT molecular complexity index is 817. The van der Waals surface area contributed by atoms with Gasteiger partial charge in [-0.15, -0.1) is 10.2 Å². The largest absolute Gasteiger partial charge is 0.356 e. The Balaban J connectivity index is 1.69. The number of hydrogen-bond donors (Lipinski definition) is 2. The first-order chi connectivity index (χ1) is 12.5. The van der Waals surface area contributed by atoms with Crippen molar-refractivity contribution in [3.63, 3.8) is 0 Å². The Morgan fingerprint density at radius 3 is 2.85 bits per heavy atom. The molecule has 0 radical (unpaired) electrons. The zero-order valence-electron chi connectivity index (χ0n) is 15.2. The summed E-state index contributed by atoms with van der Waals surface area (Å²) in [6, 6.07) is 5.43. The van der Waals surface area contributed by atoms with Crippen LogP contribution in [-0.4, -0.2) is 56.7 Å². The van der Waals surface area contributed by atoms with Crippen LogP contribution >= 0.6 is 0 Å². The van der Waals surface area contributed by atoms with E-state index in [0.717, 1.165) is 11.1 Å². The molecule has 2 N–H and O–H groups in total. The third-order valence-electron chi connectivity index (χ3n) is 4.44. The molecule has 0 spiro atoms. The van der Waals surface area contributed by atoms with E-state index >= 15 is 0 Å². The number of urea groups is 1. The Kier molecular flexibility index (Phi) is 5.15. The van der Waals surface area contributed by atoms with Gasteiger partial charge in [0.05, 0.1) is 13.0 Å². The molecule has 1 aliphatic heterocycles. The highest BCUT2D eigenvalue weighted by Gasteiger charge is 2.30. The summed E-state index contributed by atoms with van der Waals surface area (Å²) in [6.45, 7) is 5.41. The van der Waals surface area contributed by atoms with E-state index < -0.39 is 0 Å². The Hall–Kier alpha value is -2.97. The average molecular weight is 357 g/mol. The van der Waals surface area contributed by atoms with E-state index in [-0.39, 0.29) is 17.9 Å². The minimum atomic E-state index is -0.204. The molecule has 1 saturated heterocycles. The summed E-state index contributed by atoms with van der Waals surface area (Å²) in [7, 11) is 1.70. The van der Waals surface area contributed by atoms with E-state index in [9.17, 15) is 9.59 Å². The molecule has 0 unspecified atom stereocenters. The van der Waals surface area contributed by atoms with Crippen molar-refractivity contribution in [3.8, 4) is 11.4 Å². The first-order valence-electron chi connectivity index (χ1n) is 8.66. The first kappa shape index (κ1) is 17.8. The number of anilines is 1. The molecule has 1 fully saturated rings. The number of amides is 3. The fourth-order valence-corrected chi connectivity index (χ4v) is 2.97. The number of nitrogens with zero attached hydrogens (tertiary/aromatic N) is 5.